The number of imidazole rings is 1. The molecule has 2 heterocycles. The van der Waals surface area contributed by atoms with Crippen LogP contribution in [0.1, 0.15) is 13.8 Å². The first kappa shape index (κ1) is 8.10. The van der Waals surface area contributed by atoms with Crippen molar-refractivity contribution in [2.45, 2.75) is 19.9 Å². The fourth-order valence-corrected chi connectivity index (χ4v) is 1.33. The van der Waals surface area contributed by atoms with Crippen LogP contribution in [0.5, 0.6) is 0 Å². The van der Waals surface area contributed by atoms with E-state index in [-0.39, 0.29) is 0 Å². The first-order chi connectivity index (χ1) is 6.25. The number of hydrogen-bond donors (Lipinski definition) is 1. The second kappa shape index (κ2) is 3.09. The van der Waals surface area contributed by atoms with E-state index in [1.54, 1.807) is 6.20 Å². The standard InChI is InChI=1S/C10H13N3/c1-8(2)12-9-3-5-13-6-4-11-10(13)7-9/h3-8,12H,1-2H3. The zero-order valence-electron chi connectivity index (χ0n) is 7.86. The van der Waals surface area contributed by atoms with Crippen LogP contribution in [0.15, 0.2) is 30.7 Å². The molecule has 0 saturated heterocycles. The van der Waals surface area contributed by atoms with Crippen molar-refractivity contribution in [3.05, 3.63) is 30.7 Å². The molecular weight excluding hydrogens is 162 g/mol. The molecule has 0 fully saturated rings. The van der Waals surface area contributed by atoms with Crippen LogP contribution in [0.2, 0.25) is 0 Å². The number of rotatable bonds is 2. The minimum absolute atomic E-state index is 0.456. The van der Waals surface area contributed by atoms with Crippen LogP contribution < -0.4 is 5.32 Å². The molecule has 13 heavy (non-hydrogen) atoms. The fraction of sp³-hybridized carbons (Fsp3) is 0.300. The molecule has 1 N–H and O–H groups in total. The summed E-state index contributed by atoms with van der Waals surface area (Å²) in [5.74, 6) is 0. The van der Waals surface area contributed by atoms with Gasteiger partial charge in [-0.15, -0.1) is 0 Å². The Kier molecular flexibility index (Phi) is 1.93. The van der Waals surface area contributed by atoms with Gasteiger partial charge in [-0.3, -0.25) is 0 Å². The summed E-state index contributed by atoms with van der Waals surface area (Å²) in [7, 11) is 0. The van der Waals surface area contributed by atoms with Crippen molar-refractivity contribution >= 4 is 11.3 Å². The minimum Gasteiger partial charge on any atom is -0.383 e. The highest BCUT2D eigenvalue weighted by Gasteiger charge is 1.97. The number of fused-ring (bicyclic) bond motifs is 1. The van der Waals surface area contributed by atoms with E-state index in [1.165, 1.54) is 0 Å². The van der Waals surface area contributed by atoms with E-state index < -0.39 is 0 Å². The molecule has 2 aromatic heterocycles. The molecule has 0 unspecified atom stereocenters. The van der Waals surface area contributed by atoms with Gasteiger partial charge in [-0.2, -0.15) is 0 Å². The van der Waals surface area contributed by atoms with Crippen LogP contribution in [0, 0.1) is 0 Å². The first-order valence-corrected chi connectivity index (χ1v) is 4.45. The Morgan fingerprint density at radius 3 is 3.00 bits per heavy atom. The van der Waals surface area contributed by atoms with Gasteiger partial charge in [0.2, 0.25) is 0 Å². The zero-order valence-corrected chi connectivity index (χ0v) is 7.86. The van der Waals surface area contributed by atoms with E-state index in [0.29, 0.717) is 6.04 Å². The molecule has 0 spiro atoms. The van der Waals surface area contributed by atoms with E-state index in [9.17, 15) is 0 Å². The van der Waals surface area contributed by atoms with Crippen molar-refractivity contribution in [3.8, 4) is 0 Å². The van der Waals surface area contributed by atoms with Gasteiger partial charge in [0.1, 0.15) is 5.65 Å². The summed E-state index contributed by atoms with van der Waals surface area (Å²) in [6.07, 6.45) is 5.75. The van der Waals surface area contributed by atoms with Crippen molar-refractivity contribution in [3.63, 3.8) is 0 Å². The SMILES string of the molecule is CC(C)Nc1ccn2ccnc2c1. The molecule has 2 rings (SSSR count). The molecule has 3 nitrogen and oxygen atoms in total. The molecule has 0 radical (unpaired) electrons. The largest absolute Gasteiger partial charge is 0.383 e. The molecule has 0 amide bonds. The maximum atomic E-state index is 4.21. The quantitative estimate of drug-likeness (QED) is 0.757. The molecule has 0 saturated carbocycles. The van der Waals surface area contributed by atoms with Crippen LogP contribution in [0.3, 0.4) is 0 Å². The Bertz CT molecular complexity index is 403. The third kappa shape index (κ3) is 1.64. The topological polar surface area (TPSA) is 29.3 Å². The van der Waals surface area contributed by atoms with E-state index in [1.807, 2.05) is 22.9 Å². The van der Waals surface area contributed by atoms with Crippen molar-refractivity contribution < 1.29 is 0 Å². The number of nitrogens with one attached hydrogen (secondary N) is 1. The van der Waals surface area contributed by atoms with Gasteiger partial charge >= 0.3 is 0 Å². The monoisotopic (exact) mass is 175 g/mol. The lowest BCUT2D eigenvalue weighted by Crippen LogP contribution is -2.09. The van der Waals surface area contributed by atoms with Crippen molar-refractivity contribution in [1.29, 1.82) is 0 Å². The van der Waals surface area contributed by atoms with Crippen LogP contribution in [0.4, 0.5) is 5.69 Å². The molecular formula is C10H13N3. The number of hydrogen-bond acceptors (Lipinski definition) is 2. The summed E-state index contributed by atoms with van der Waals surface area (Å²) in [4.78, 5) is 4.21. The lowest BCUT2D eigenvalue weighted by Gasteiger charge is -2.09. The Balaban J connectivity index is 2.37. The summed E-state index contributed by atoms with van der Waals surface area (Å²) >= 11 is 0. The van der Waals surface area contributed by atoms with Crippen molar-refractivity contribution in [2.24, 2.45) is 0 Å². The highest BCUT2D eigenvalue weighted by molar-refractivity contribution is 5.54. The summed E-state index contributed by atoms with van der Waals surface area (Å²) in [6.45, 7) is 4.24. The van der Waals surface area contributed by atoms with Crippen LogP contribution in [-0.4, -0.2) is 15.4 Å². The highest BCUT2D eigenvalue weighted by atomic mass is 15.0. The fourth-order valence-electron chi connectivity index (χ4n) is 1.33. The second-order valence-corrected chi connectivity index (χ2v) is 3.41. The Morgan fingerprint density at radius 2 is 2.23 bits per heavy atom. The van der Waals surface area contributed by atoms with Gasteiger partial charge in [-0.1, -0.05) is 0 Å². The van der Waals surface area contributed by atoms with Crippen LogP contribution in [-0.2, 0) is 0 Å². The van der Waals surface area contributed by atoms with Crippen LogP contribution in [0.25, 0.3) is 5.65 Å². The van der Waals surface area contributed by atoms with Crippen molar-refractivity contribution in [1.82, 2.24) is 9.38 Å². The van der Waals surface area contributed by atoms with Crippen LogP contribution >= 0.6 is 0 Å². The van der Waals surface area contributed by atoms with Gasteiger partial charge in [0.05, 0.1) is 0 Å². The van der Waals surface area contributed by atoms with E-state index in [2.05, 4.69) is 30.2 Å². The van der Waals surface area contributed by atoms with Gasteiger partial charge < -0.3 is 9.72 Å². The highest BCUT2D eigenvalue weighted by Crippen LogP contribution is 2.11. The predicted molar refractivity (Wildman–Crippen MR) is 54.0 cm³/mol. The predicted octanol–water partition coefficient (Wildman–Crippen LogP) is 2.15. The molecule has 68 valence electrons. The average molecular weight is 175 g/mol. The minimum atomic E-state index is 0.456. The molecule has 0 aromatic carbocycles. The molecule has 2 aromatic rings. The smallest absolute Gasteiger partial charge is 0.138 e. The van der Waals surface area contributed by atoms with Gasteiger partial charge in [0.25, 0.3) is 0 Å². The third-order valence-electron chi connectivity index (χ3n) is 1.85. The molecule has 0 aliphatic rings. The summed E-state index contributed by atoms with van der Waals surface area (Å²) in [5, 5.41) is 3.33. The Hall–Kier alpha value is -1.51. The number of anilines is 1. The van der Waals surface area contributed by atoms with E-state index in [0.717, 1.165) is 11.3 Å². The van der Waals surface area contributed by atoms with Gasteiger partial charge in [-0.05, 0) is 19.9 Å². The lowest BCUT2D eigenvalue weighted by molar-refractivity contribution is 0.899. The average Bonchev–Trinajstić information content (AvgIpc) is 2.49. The number of nitrogens with zero attached hydrogens (tertiary/aromatic N) is 2. The summed E-state index contributed by atoms with van der Waals surface area (Å²) < 4.78 is 1.99. The maximum Gasteiger partial charge on any atom is 0.138 e. The Morgan fingerprint density at radius 1 is 1.38 bits per heavy atom. The second-order valence-electron chi connectivity index (χ2n) is 3.41. The van der Waals surface area contributed by atoms with E-state index >= 15 is 0 Å². The van der Waals surface area contributed by atoms with Gasteiger partial charge in [0, 0.05) is 36.4 Å². The molecule has 0 aliphatic carbocycles. The zero-order chi connectivity index (χ0) is 9.26. The van der Waals surface area contributed by atoms with E-state index in [4.69, 9.17) is 0 Å². The van der Waals surface area contributed by atoms with Gasteiger partial charge in [-0.25, -0.2) is 4.98 Å². The Labute approximate surface area is 77.4 Å². The number of pyridine rings is 1. The molecule has 0 aliphatic heterocycles. The van der Waals surface area contributed by atoms with Gasteiger partial charge in [0.15, 0.2) is 0 Å². The normalized spacial score (nSPS) is 11.0. The summed E-state index contributed by atoms with van der Waals surface area (Å²) in [6, 6.07) is 4.55. The molecule has 3 heteroatoms. The maximum absolute atomic E-state index is 4.21. The molecule has 0 bridgehead atoms. The lowest BCUT2D eigenvalue weighted by atomic mass is 10.3. The third-order valence-corrected chi connectivity index (χ3v) is 1.85. The van der Waals surface area contributed by atoms with Crippen molar-refractivity contribution in [2.75, 3.05) is 5.32 Å². The first-order valence-electron chi connectivity index (χ1n) is 4.45. The number of aromatic nitrogens is 2. The summed E-state index contributed by atoms with van der Waals surface area (Å²) in [5.41, 5.74) is 2.10. The molecule has 0 atom stereocenters.